The van der Waals surface area contributed by atoms with Gasteiger partial charge in [0.15, 0.2) is 29.0 Å². The van der Waals surface area contributed by atoms with Crippen molar-refractivity contribution in [2.24, 2.45) is 0 Å². The van der Waals surface area contributed by atoms with Gasteiger partial charge in [-0.1, -0.05) is 11.6 Å². The monoisotopic (exact) mass is 447 g/mol. The third-order valence-corrected chi connectivity index (χ3v) is 4.56. The van der Waals surface area contributed by atoms with E-state index in [1.165, 1.54) is 0 Å². The van der Waals surface area contributed by atoms with Gasteiger partial charge in [-0.25, -0.2) is 22.0 Å². The number of rotatable bonds is 5. The Kier molecular flexibility index (Phi) is 5.50. The van der Waals surface area contributed by atoms with E-state index in [4.69, 9.17) is 11.6 Å². The number of halogens is 9. The number of nitrogens with zero attached hydrogens (tertiary/aromatic N) is 2. The predicted molar refractivity (Wildman–Crippen MR) is 83.7 cm³/mol. The molecular weight excluding hydrogens is 438 g/mol. The van der Waals surface area contributed by atoms with E-state index in [-0.39, 0.29) is 11.6 Å². The summed E-state index contributed by atoms with van der Waals surface area (Å²) in [5, 5.41) is 4.30. The van der Waals surface area contributed by atoms with Crippen LogP contribution in [0.5, 0.6) is 0 Å². The molecule has 13 heteroatoms. The molecule has 158 valence electrons. The van der Waals surface area contributed by atoms with Gasteiger partial charge in [0.2, 0.25) is 11.7 Å². The Morgan fingerprint density at radius 2 is 1.55 bits per heavy atom. The van der Waals surface area contributed by atoms with Crippen molar-refractivity contribution in [3.05, 3.63) is 45.5 Å². The highest BCUT2D eigenvalue weighted by Crippen LogP contribution is 2.46. The number of aryl methyl sites for hydroxylation is 1. The van der Waals surface area contributed by atoms with Gasteiger partial charge in [-0.05, 0) is 12.8 Å². The summed E-state index contributed by atoms with van der Waals surface area (Å²) in [7, 11) is 0. The lowest BCUT2D eigenvalue weighted by molar-refractivity contribution is -0.141. The zero-order chi connectivity index (χ0) is 21.7. The van der Waals surface area contributed by atoms with E-state index in [9.17, 15) is 39.9 Å². The van der Waals surface area contributed by atoms with Gasteiger partial charge in [0.1, 0.15) is 5.69 Å². The zero-order valence-electron chi connectivity index (χ0n) is 14.1. The van der Waals surface area contributed by atoms with E-state index in [1.807, 2.05) is 0 Å². The molecule has 1 N–H and O–H groups in total. The van der Waals surface area contributed by atoms with Crippen molar-refractivity contribution in [2.45, 2.75) is 37.9 Å². The molecule has 1 aromatic heterocycles. The normalized spacial score (nSPS) is 14.4. The van der Waals surface area contributed by atoms with Crippen LogP contribution in [0.4, 0.5) is 40.8 Å². The lowest BCUT2D eigenvalue weighted by Crippen LogP contribution is -2.19. The molecule has 0 atom stereocenters. The Morgan fingerprint density at radius 1 is 1.03 bits per heavy atom. The van der Waals surface area contributed by atoms with Crippen LogP contribution in [0.3, 0.4) is 0 Å². The largest absolute Gasteiger partial charge is 0.436 e. The van der Waals surface area contributed by atoms with Crippen LogP contribution in [0.25, 0.3) is 0 Å². The van der Waals surface area contributed by atoms with Gasteiger partial charge >= 0.3 is 6.18 Å². The number of alkyl halides is 3. The van der Waals surface area contributed by atoms with Crippen LogP contribution >= 0.6 is 11.6 Å². The summed E-state index contributed by atoms with van der Waals surface area (Å²) in [5.41, 5.74) is -2.81. The molecule has 0 spiro atoms. The van der Waals surface area contributed by atoms with Crippen LogP contribution in [0, 0.1) is 29.1 Å². The van der Waals surface area contributed by atoms with Gasteiger partial charge in [0, 0.05) is 12.3 Å². The van der Waals surface area contributed by atoms with Gasteiger partial charge in [0.05, 0.1) is 17.3 Å². The minimum atomic E-state index is -4.83. The average molecular weight is 448 g/mol. The molecule has 3 rings (SSSR count). The Hall–Kier alpha value is -2.37. The second-order valence-electron chi connectivity index (χ2n) is 6.29. The zero-order valence-corrected chi connectivity index (χ0v) is 14.9. The van der Waals surface area contributed by atoms with Crippen LogP contribution < -0.4 is 5.32 Å². The molecule has 1 heterocycles. The summed E-state index contributed by atoms with van der Waals surface area (Å²) in [5.74, 6) is -12.8. The van der Waals surface area contributed by atoms with Crippen molar-refractivity contribution in [3.8, 4) is 0 Å². The van der Waals surface area contributed by atoms with E-state index in [0.29, 0.717) is 12.8 Å². The van der Waals surface area contributed by atoms with Crippen LogP contribution in [-0.4, -0.2) is 15.7 Å². The molecule has 1 aromatic carbocycles. The van der Waals surface area contributed by atoms with Gasteiger partial charge in [-0.3, -0.25) is 9.48 Å². The highest BCUT2D eigenvalue weighted by molar-refractivity contribution is 6.32. The molecule has 4 nitrogen and oxygen atoms in total. The Labute approximate surface area is 162 Å². The molecule has 2 aromatic rings. The number of hydrogen-bond acceptors (Lipinski definition) is 2. The molecule has 29 heavy (non-hydrogen) atoms. The standard InChI is InChI=1S/C16H10ClF8N3O/c17-7-14(5-1-2-5)28(27-15(7)16(23,24)25)4-3-6(29)26-13-11(21)9(19)8(18)10(20)12(13)22/h5H,1-4H2,(H,26,29). The molecule has 1 aliphatic rings. The topological polar surface area (TPSA) is 46.9 Å². The van der Waals surface area contributed by atoms with Crippen molar-refractivity contribution in [3.63, 3.8) is 0 Å². The van der Waals surface area contributed by atoms with Crippen LogP contribution in [-0.2, 0) is 17.5 Å². The molecule has 0 bridgehead atoms. The lowest BCUT2D eigenvalue weighted by atomic mass is 10.2. The quantitative estimate of drug-likeness (QED) is 0.391. The number of aromatic nitrogens is 2. The maximum Gasteiger partial charge on any atom is 0.436 e. The first-order valence-electron chi connectivity index (χ1n) is 8.08. The molecule has 0 saturated heterocycles. The van der Waals surface area contributed by atoms with Crippen LogP contribution in [0.15, 0.2) is 0 Å². The summed E-state index contributed by atoms with van der Waals surface area (Å²) >= 11 is 5.76. The number of carbonyl (C=O) groups excluding carboxylic acids is 1. The maximum atomic E-state index is 13.6. The summed E-state index contributed by atoms with van der Waals surface area (Å²) in [6, 6.07) is 0. The smallest absolute Gasteiger partial charge is 0.321 e. The SMILES string of the molecule is O=C(CCn1nc(C(F)(F)F)c(Cl)c1C1CC1)Nc1c(F)c(F)c(F)c(F)c1F. The number of anilines is 1. The van der Waals surface area contributed by atoms with Gasteiger partial charge < -0.3 is 5.32 Å². The summed E-state index contributed by atoms with van der Waals surface area (Å²) in [6.45, 7) is -0.455. The van der Waals surface area contributed by atoms with Crippen molar-refractivity contribution in [1.82, 2.24) is 9.78 Å². The van der Waals surface area contributed by atoms with Crippen LogP contribution in [0.1, 0.15) is 36.6 Å². The van der Waals surface area contributed by atoms with Gasteiger partial charge in [-0.2, -0.15) is 18.3 Å². The number of amides is 1. The van der Waals surface area contributed by atoms with E-state index >= 15 is 0 Å². The number of carbonyl (C=O) groups is 1. The van der Waals surface area contributed by atoms with E-state index in [1.54, 1.807) is 5.32 Å². The molecule has 0 unspecified atom stereocenters. The number of nitrogens with one attached hydrogen (secondary N) is 1. The molecular formula is C16H10ClF8N3O. The predicted octanol–water partition coefficient (Wildman–Crippen LogP) is 5.16. The first kappa shape index (κ1) is 21.3. The molecule has 0 aliphatic heterocycles. The first-order chi connectivity index (χ1) is 13.4. The van der Waals surface area contributed by atoms with Crippen molar-refractivity contribution in [2.75, 3.05) is 5.32 Å². The fraction of sp³-hybridized carbons (Fsp3) is 0.375. The molecule has 1 amide bonds. The highest BCUT2D eigenvalue weighted by Gasteiger charge is 2.42. The Morgan fingerprint density at radius 3 is 2.03 bits per heavy atom. The summed E-state index contributed by atoms with van der Waals surface area (Å²) in [4.78, 5) is 11.9. The highest BCUT2D eigenvalue weighted by atomic mass is 35.5. The van der Waals surface area contributed by atoms with E-state index < -0.39 is 70.5 Å². The number of hydrogen-bond donors (Lipinski definition) is 1. The minimum Gasteiger partial charge on any atom is -0.321 e. The second kappa shape index (κ2) is 7.47. The summed E-state index contributed by atoms with van der Waals surface area (Å²) < 4.78 is 106. The van der Waals surface area contributed by atoms with Gasteiger partial charge in [0.25, 0.3) is 0 Å². The molecule has 1 fully saturated rings. The lowest BCUT2D eigenvalue weighted by Gasteiger charge is -2.11. The molecule has 0 radical (unpaired) electrons. The van der Waals surface area contributed by atoms with Gasteiger partial charge in [-0.15, -0.1) is 0 Å². The summed E-state index contributed by atoms with van der Waals surface area (Å²) in [6.07, 6.45) is -4.35. The fourth-order valence-electron chi connectivity index (χ4n) is 2.68. The first-order valence-corrected chi connectivity index (χ1v) is 8.46. The second-order valence-corrected chi connectivity index (χ2v) is 6.66. The maximum absolute atomic E-state index is 13.6. The third-order valence-electron chi connectivity index (χ3n) is 4.19. The fourth-order valence-corrected chi connectivity index (χ4v) is 3.07. The Balaban J connectivity index is 1.79. The van der Waals surface area contributed by atoms with Crippen LogP contribution in [0.2, 0.25) is 5.02 Å². The minimum absolute atomic E-state index is 0.0722. The number of benzene rings is 1. The average Bonchev–Trinajstić information content (AvgIpc) is 3.42. The van der Waals surface area contributed by atoms with Crippen molar-refractivity contribution in [1.29, 1.82) is 0 Å². The van der Waals surface area contributed by atoms with Crippen molar-refractivity contribution < 1.29 is 39.9 Å². The molecule has 1 saturated carbocycles. The van der Waals surface area contributed by atoms with E-state index in [2.05, 4.69) is 5.10 Å². The van der Waals surface area contributed by atoms with Crippen molar-refractivity contribution >= 4 is 23.2 Å². The third kappa shape index (κ3) is 4.02. The van der Waals surface area contributed by atoms with E-state index in [0.717, 1.165) is 4.68 Å². The molecule has 1 aliphatic carbocycles. The Bertz CT molecular complexity index is 955.